The Labute approximate surface area is 142 Å². The molecular formula is C17H18N4O4. The van der Waals surface area contributed by atoms with Gasteiger partial charge in [0, 0.05) is 18.1 Å². The highest BCUT2D eigenvalue weighted by atomic mass is 16.6. The number of benzene rings is 1. The molecule has 2 aromatic carbocycles. The number of nitrogens with two attached hydrogens (primary N) is 1. The number of anilines is 1. The van der Waals surface area contributed by atoms with Gasteiger partial charge in [0.2, 0.25) is 0 Å². The fourth-order valence-electron chi connectivity index (χ4n) is 2.40. The number of hydrogen-bond donors (Lipinski definition) is 2. The van der Waals surface area contributed by atoms with E-state index in [2.05, 4.69) is 10.4 Å². The van der Waals surface area contributed by atoms with Crippen molar-refractivity contribution in [3.63, 3.8) is 0 Å². The van der Waals surface area contributed by atoms with Gasteiger partial charge in [-0.25, -0.2) is 9.48 Å². The summed E-state index contributed by atoms with van der Waals surface area (Å²) in [6.45, 7) is 5.65. The summed E-state index contributed by atoms with van der Waals surface area (Å²) in [6, 6.07) is 5.43. The maximum Gasteiger partial charge on any atom is 0.407 e. The maximum absolute atomic E-state index is 11.7. The van der Waals surface area contributed by atoms with Crippen LogP contribution in [0.3, 0.4) is 0 Å². The number of nitrogen functional groups attached to an aromatic ring is 1. The fourth-order valence-corrected chi connectivity index (χ4v) is 2.40. The number of fused-ring (bicyclic) bond motifs is 1. The SMILES string of the molecule is CC(C)(C)OC(=O)NCc1ccc2cn(-c3c(N)c(=O)c3=O)nc2c1. The summed E-state index contributed by atoms with van der Waals surface area (Å²) >= 11 is 0. The molecule has 0 spiro atoms. The molecule has 3 N–H and O–H groups in total. The van der Waals surface area contributed by atoms with Gasteiger partial charge < -0.3 is 15.8 Å². The van der Waals surface area contributed by atoms with Gasteiger partial charge in [-0.2, -0.15) is 5.10 Å². The number of nitrogens with zero attached hydrogens (tertiary/aromatic N) is 2. The largest absolute Gasteiger partial charge is 0.444 e. The summed E-state index contributed by atoms with van der Waals surface area (Å²) in [4.78, 5) is 34.5. The van der Waals surface area contributed by atoms with E-state index in [4.69, 9.17) is 10.5 Å². The van der Waals surface area contributed by atoms with Gasteiger partial charge in [0.25, 0.3) is 10.9 Å². The number of nitrogens with one attached hydrogen (secondary N) is 1. The van der Waals surface area contributed by atoms with Crippen LogP contribution in [-0.4, -0.2) is 21.5 Å². The predicted molar refractivity (Wildman–Crippen MR) is 93.5 cm³/mol. The van der Waals surface area contributed by atoms with Crippen LogP contribution < -0.4 is 21.9 Å². The summed E-state index contributed by atoms with van der Waals surface area (Å²) in [7, 11) is 0. The van der Waals surface area contributed by atoms with Gasteiger partial charge in [0.1, 0.15) is 17.0 Å². The van der Waals surface area contributed by atoms with Gasteiger partial charge >= 0.3 is 6.09 Å². The quantitative estimate of drug-likeness (QED) is 0.692. The minimum Gasteiger partial charge on any atom is -0.444 e. The Morgan fingerprint density at radius 2 is 2.00 bits per heavy atom. The Morgan fingerprint density at radius 3 is 2.64 bits per heavy atom. The zero-order chi connectivity index (χ0) is 18.4. The lowest BCUT2D eigenvalue weighted by molar-refractivity contribution is 0.0523. The van der Waals surface area contributed by atoms with Crippen LogP contribution in [0.4, 0.5) is 10.5 Å². The van der Waals surface area contributed by atoms with Crippen LogP contribution >= 0.6 is 0 Å². The first kappa shape index (κ1) is 16.7. The lowest BCUT2D eigenvalue weighted by Gasteiger charge is -2.19. The Balaban J connectivity index is 1.78. The second-order valence-electron chi connectivity index (χ2n) is 6.74. The number of carbonyl (C=O) groups is 1. The van der Waals surface area contributed by atoms with Gasteiger partial charge in [-0.3, -0.25) is 9.59 Å². The lowest BCUT2D eigenvalue weighted by atomic mass is 10.1. The standard InChI is InChI=1S/C17H18N4O4/c1-17(2,3)25-16(24)19-7-9-4-5-10-8-21(20-11(10)6-9)13-12(18)14(22)15(13)23/h4-6,8H,7,18H2,1-3H3,(H,19,24). The summed E-state index contributed by atoms with van der Waals surface area (Å²) in [5.41, 5.74) is 5.13. The summed E-state index contributed by atoms with van der Waals surface area (Å²) in [6.07, 6.45) is 1.13. The topological polar surface area (TPSA) is 116 Å². The van der Waals surface area contributed by atoms with Crippen molar-refractivity contribution in [2.75, 3.05) is 5.73 Å². The van der Waals surface area contributed by atoms with Gasteiger partial charge in [0.15, 0.2) is 0 Å². The second kappa shape index (κ2) is 5.73. The molecule has 1 aromatic heterocycles. The van der Waals surface area contributed by atoms with E-state index in [1.54, 1.807) is 33.0 Å². The van der Waals surface area contributed by atoms with Crippen LogP contribution in [0, 0.1) is 0 Å². The van der Waals surface area contributed by atoms with E-state index in [9.17, 15) is 14.4 Å². The lowest BCUT2D eigenvalue weighted by Crippen LogP contribution is -2.38. The van der Waals surface area contributed by atoms with E-state index in [1.165, 1.54) is 4.68 Å². The number of amides is 1. The van der Waals surface area contributed by atoms with Gasteiger partial charge in [0.05, 0.1) is 5.52 Å². The van der Waals surface area contributed by atoms with Gasteiger partial charge in [-0.05, 0) is 32.4 Å². The molecule has 0 aliphatic rings. The zero-order valence-corrected chi connectivity index (χ0v) is 14.1. The van der Waals surface area contributed by atoms with Crippen LogP contribution in [0.2, 0.25) is 0 Å². The third-order valence-electron chi connectivity index (χ3n) is 3.56. The van der Waals surface area contributed by atoms with E-state index in [1.807, 2.05) is 12.1 Å². The van der Waals surface area contributed by atoms with Crippen molar-refractivity contribution < 1.29 is 9.53 Å². The van der Waals surface area contributed by atoms with Crippen LogP contribution in [0.5, 0.6) is 0 Å². The molecule has 3 aromatic rings. The van der Waals surface area contributed by atoms with Crippen molar-refractivity contribution in [2.24, 2.45) is 0 Å². The Hall–Kier alpha value is -3.16. The zero-order valence-electron chi connectivity index (χ0n) is 14.1. The molecule has 0 fully saturated rings. The minimum atomic E-state index is -0.684. The minimum absolute atomic E-state index is 0.0791. The highest BCUT2D eigenvalue weighted by molar-refractivity contribution is 5.80. The maximum atomic E-state index is 11.7. The van der Waals surface area contributed by atoms with Crippen LogP contribution in [-0.2, 0) is 11.3 Å². The number of carbonyl (C=O) groups excluding carboxylic acids is 1. The van der Waals surface area contributed by atoms with Gasteiger partial charge in [-0.1, -0.05) is 12.1 Å². The molecule has 0 saturated heterocycles. The smallest absolute Gasteiger partial charge is 0.407 e. The normalized spacial score (nSPS) is 11.8. The molecule has 1 amide bonds. The van der Waals surface area contributed by atoms with E-state index >= 15 is 0 Å². The molecule has 0 saturated carbocycles. The first-order valence-corrected chi connectivity index (χ1v) is 7.70. The Kier molecular flexibility index (Phi) is 3.82. The number of rotatable bonds is 3. The van der Waals surface area contributed by atoms with Crippen molar-refractivity contribution in [3.8, 4) is 5.69 Å². The molecule has 0 radical (unpaired) electrons. The molecule has 8 heteroatoms. The molecule has 0 bridgehead atoms. The molecule has 8 nitrogen and oxygen atoms in total. The summed E-state index contributed by atoms with van der Waals surface area (Å²) < 4.78 is 6.49. The average molecular weight is 342 g/mol. The van der Waals surface area contributed by atoms with Crippen LogP contribution in [0.15, 0.2) is 34.0 Å². The van der Waals surface area contributed by atoms with E-state index in [0.717, 1.165) is 10.9 Å². The molecule has 130 valence electrons. The summed E-state index contributed by atoms with van der Waals surface area (Å²) in [5.74, 6) is 0. The fraction of sp³-hybridized carbons (Fsp3) is 0.294. The highest BCUT2D eigenvalue weighted by Gasteiger charge is 2.21. The summed E-state index contributed by atoms with van der Waals surface area (Å²) in [5, 5.41) is 7.73. The van der Waals surface area contributed by atoms with E-state index < -0.39 is 22.6 Å². The predicted octanol–water partition coefficient (Wildman–Crippen LogP) is 1.23. The van der Waals surface area contributed by atoms with Crippen molar-refractivity contribution >= 4 is 22.7 Å². The molecule has 25 heavy (non-hydrogen) atoms. The second-order valence-corrected chi connectivity index (χ2v) is 6.74. The average Bonchev–Trinajstić information content (AvgIpc) is 2.93. The highest BCUT2D eigenvalue weighted by Crippen LogP contribution is 2.18. The van der Waals surface area contributed by atoms with Crippen LogP contribution in [0.1, 0.15) is 26.3 Å². The molecular weight excluding hydrogens is 324 g/mol. The molecule has 0 unspecified atom stereocenters. The van der Waals surface area contributed by atoms with Gasteiger partial charge in [-0.15, -0.1) is 0 Å². The van der Waals surface area contributed by atoms with Crippen molar-refractivity contribution in [2.45, 2.75) is 32.9 Å². The van der Waals surface area contributed by atoms with E-state index in [-0.39, 0.29) is 17.9 Å². The first-order valence-electron chi connectivity index (χ1n) is 7.70. The van der Waals surface area contributed by atoms with E-state index in [0.29, 0.717) is 5.52 Å². The van der Waals surface area contributed by atoms with Crippen LogP contribution in [0.25, 0.3) is 16.6 Å². The molecule has 3 rings (SSSR count). The Morgan fingerprint density at radius 1 is 1.28 bits per heavy atom. The molecule has 0 aliphatic carbocycles. The monoisotopic (exact) mass is 342 g/mol. The third-order valence-corrected chi connectivity index (χ3v) is 3.56. The van der Waals surface area contributed by atoms with Crippen molar-refractivity contribution in [1.82, 2.24) is 15.1 Å². The first-order chi connectivity index (χ1) is 11.7. The number of hydrogen-bond acceptors (Lipinski definition) is 6. The third kappa shape index (κ3) is 3.23. The molecule has 0 aliphatic heterocycles. The Bertz CT molecular complexity index is 1040. The number of ether oxygens (including phenoxy) is 1. The van der Waals surface area contributed by atoms with Crippen molar-refractivity contribution in [1.29, 1.82) is 0 Å². The number of aromatic nitrogens is 2. The molecule has 1 heterocycles. The molecule has 0 atom stereocenters. The van der Waals surface area contributed by atoms with Crippen molar-refractivity contribution in [3.05, 3.63) is 50.4 Å². The number of alkyl carbamates (subject to hydrolysis) is 1.